The first-order valence-corrected chi connectivity index (χ1v) is 10.0. The largest absolute Gasteiger partial charge is 0.454 e. The lowest BCUT2D eigenvalue weighted by Crippen LogP contribution is -2.34. The predicted octanol–water partition coefficient (Wildman–Crippen LogP) is 2.99. The van der Waals surface area contributed by atoms with Gasteiger partial charge in [-0.05, 0) is 35.2 Å². The monoisotopic (exact) mass is 416 g/mol. The summed E-state index contributed by atoms with van der Waals surface area (Å²) in [5, 5.41) is 5.19. The van der Waals surface area contributed by atoms with Crippen molar-refractivity contribution in [2.75, 3.05) is 19.7 Å². The lowest BCUT2D eigenvalue weighted by Gasteiger charge is -2.08. The molecule has 0 atom stereocenters. The lowest BCUT2D eigenvalue weighted by atomic mass is 10.0. The Morgan fingerprint density at radius 3 is 2.00 bits per heavy atom. The highest BCUT2D eigenvalue weighted by Gasteiger charge is 2.11. The first-order chi connectivity index (χ1) is 15.1. The zero-order valence-corrected chi connectivity index (χ0v) is 17.0. The van der Waals surface area contributed by atoms with Crippen LogP contribution in [0.3, 0.4) is 0 Å². The molecule has 3 rings (SSSR count). The van der Waals surface area contributed by atoms with E-state index in [0.717, 1.165) is 16.7 Å². The third-order valence-corrected chi connectivity index (χ3v) is 4.59. The predicted molar refractivity (Wildman–Crippen MR) is 118 cm³/mol. The second kappa shape index (κ2) is 11.3. The molecule has 2 N–H and O–H groups in total. The van der Waals surface area contributed by atoms with Crippen molar-refractivity contribution in [2.45, 2.75) is 6.42 Å². The lowest BCUT2D eigenvalue weighted by molar-refractivity contribution is -0.147. The first-order valence-electron chi connectivity index (χ1n) is 10.0. The maximum absolute atomic E-state index is 12.2. The minimum Gasteiger partial charge on any atom is -0.454 e. The van der Waals surface area contributed by atoms with E-state index < -0.39 is 5.97 Å². The molecule has 158 valence electrons. The Morgan fingerprint density at radius 1 is 0.710 bits per heavy atom. The normalized spacial score (nSPS) is 10.2. The molecular weight excluding hydrogens is 392 g/mol. The number of hydrogen-bond acceptors (Lipinski definition) is 4. The van der Waals surface area contributed by atoms with Crippen molar-refractivity contribution in [3.63, 3.8) is 0 Å². The molecule has 0 spiro atoms. The highest BCUT2D eigenvalue weighted by molar-refractivity contribution is 5.96. The van der Waals surface area contributed by atoms with Crippen LogP contribution in [0.4, 0.5) is 0 Å². The smallest absolute Gasteiger partial charge is 0.325 e. The molecule has 0 aliphatic rings. The maximum Gasteiger partial charge on any atom is 0.325 e. The van der Waals surface area contributed by atoms with E-state index in [1.165, 1.54) is 0 Å². The van der Waals surface area contributed by atoms with Crippen molar-refractivity contribution >= 4 is 17.8 Å². The van der Waals surface area contributed by atoms with Crippen molar-refractivity contribution in [1.29, 1.82) is 0 Å². The van der Waals surface area contributed by atoms with Crippen LogP contribution in [0.15, 0.2) is 84.9 Å². The van der Waals surface area contributed by atoms with Crippen LogP contribution in [-0.4, -0.2) is 37.5 Å². The van der Waals surface area contributed by atoms with Crippen LogP contribution < -0.4 is 10.6 Å². The number of esters is 1. The fraction of sp³-hybridized carbons (Fsp3) is 0.160. The Hall–Kier alpha value is -3.93. The number of carbonyl (C=O) groups is 3. The summed E-state index contributed by atoms with van der Waals surface area (Å²) in [5.74, 6) is -1.44. The summed E-state index contributed by atoms with van der Waals surface area (Å²) in [6.07, 6.45) is 0.694. The average Bonchev–Trinajstić information content (AvgIpc) is 2.82. The number of carbonyl (C=O) groups excluding carboxylic acids is 3. The van der Waals surface area contributed by atoms with Gasteiger partial charge in [0, 0.05) is 12.1 Å². The molecular formula is C25H24N2O4. The molecule has 0 unspecified atom stereocenters. The maximum atomic E-state index is 12.2. The summed E-state index contributed by atoms with van der Waals surface area (Å²) in [7, 11) is 0. The van der Waals surface area contributed by atoms with E-state index in [2.05, 4.69) is 10.6 Å². The first kappa shape index (κ1) is 21.8. The van der Waals surface area contributed by atoms with E-state index in [-0.39, 0.29) is 25.0 Å². The van der Waals surface area contributed by atoms with Crippen molar-refractivity contribution in [3.8, 4) is 11.1 Å². The number of rotatable bonds is 9. The second-order valence-corrected chi connectivity index (χ2v) is 6.87. The van der Waals surface area contributed by atoms with Gasteiger partial charge >= 0.3 is 5.97 Å². The molecule has 0 fully saturated rings. The third-order valence-electron chi connectivity index (χ3n) is 4.59. The molecule has 0 aliphatic carbocycles. The van der Waals surface area contributed by atoms with Crippen LogP contribution in [0, 0.1) is 0 Å². The molecule has 0 radical (unpaired) electrons. The fourth-order valence-corrected chi connectivity index (χ4v) is 2.94. The molecule has 3 aromatic rings. The Balaban J connectivity index is 1.35. The van der Waals surface area contributed by atoms with E-state index in [1.807, 2.05) is 72.8 Å². The highest BCUT2D eigenvalue weighted by Crippen LogP contribution is 2.19. The van der Waals surface area contributed by atoms with Crippen LogP contribution in [0.2, 0.25) is 0 Å². The SMILES string of the molecule is O=C(COC(=O)CNC(=O)c1ccc(-c2ccccc2)cc1)NCCc1ccccc1. The van der Waals surface area contributed by atoms with E-state index in [4.69, 9.17) is 4.74 Å². The van der Waals surface area contributed by atoms with Crippen molar-refractivity contribution < 1.29 is 19.1 Å². The van der Waals surface area contributed by atoms with Gasteiger partial charge in [-0.15, -0.1) is 0 Å². The zero-order chi connectivity index (χ0) is 21.9. The standard InChI is InChI=1S/C25H24N2O4/c28-23(26-16-15-19-7-3-1-4-8-19)18-31-24(29)17-27-25(30)22-13-11-21(12-14-22)20-9-5-2-6-10-20/h1-14H,15-18H2,(H,26,28)(H,27,30). The van der Waals surface area contributed by atoms with Crippen LogP contribution >= 0.6 is 0 Å². The Bertz CT molecular complexity index is 1000. The molecule has 0 bridgehead atoms. The van der Waals surface area contributed by atoms with Crippen LogP contribution in [0.5, 0.6) is 0 Å². The molecule has 0 saturated heterocycles. The van der Waals surface area contributed by atoms with Crippen molar-refractivity contribution in [2.24, 2.45) is 0 Å². The number of ether oxygens (including phenoxy) is 1. The summed E-state index contributed by atoms with van der Waals surface area (Å²) >= 11 is 0. The highest BCUT2D eigenvalue weighted by atomic mass is 16.5. The van der Waals surface area contributed by atoms with Crippen molar-refractivity contribution in [1.82, 2.24) is 10.6 Å². The summed E-state index contributed by atoms with van der Waals surface area (Å²) in [4.78, 5) is 35.8. The fourth-order valence-electron chi connectivity index (χ4n) is 2.94. The van der Waals surface area contributed by atoms with E-state index in [1.54, 1.807) is 12.1 Å². The summed E-state index contributed by atoms with van der Waals surface area (Å²) < 4.78 is 4.90. The van der Waals surface area contributed by atoms with Crippen LogP contribution in [-0.2, 0) is 20.7 Å². The van der Waals surface area contributed by atoms with E-state index in [9.17, 15) is 14.4 Å². The Kier molecular flexibility index (Phi) is 7.94. The van der Waals surface area contributed by atoms with Gasteiger partial charge in [0.1, 0.15) is 6.54 Å². The summed E-state index contributed by atoms with van der Waals surface area (Å²) in [6.45, 7) is -0.234. The summed E-state index contributed by atoms with van der Waals surface area (Å²) in [6, 6.07) is 26.7. The third kappa shape index (κ3) is 7.12. The van der Waals surface area contributed by atoms with Gasteiger partial charge in [-0.1, -0.05) is 72.8 Å². The van der Waals surface area contributed by atoms with Crippen LogP contribution in [0.25, 0.3) is 11.1 Å². The van der Waals surface area contributed by atoms with Crippen LogP contribution in [0.1, 0.15) is 15.9 Å². The molecule has 3 aromatic carbocycles. The van der Waals surface area contributed by atoms with E-state index in [0.29, 0.717) is 18.5 Å². The van der Waals surface area contributed by atoms with Gasteiger partial charge in [0.25, 0.3) is 11.8 Å². The molecule has 6 heteroatoms. The number of nitrogens with one attached hydrogen (secondary N) is 2. The molecule has 0 saturated carbocycles. The second-order valence-electron chi connectivity index (χ2n) is 6.87. The molecule has 0 heterocycles. The van der Waals surface area contributed by atoms with Gasteiger partial charge in [-0.2, -0.15) is 0 Å². The van der Waals surface area contributed by atoms with Gasteiger partial charge in [0.15, 0.2) is 6.61 Å². The zero-order valence-electron chi connectivity index (χ0n) is 17.0. The molecule has 6 nitrogen and oxygen atoms in total. The number of amides is 2. The molecule has 2 amide bonds. The minimum atomic E-state index is -0.674. The Labute approximate surface area is 181 Å². The quantitative estimate of drug-likeness (QED) is 0.525. The van der Waals surface area contributed by atoms with Crippen molar-refractivity contribution in [3.05, 3.63) is 96.1 Å². The number of benzene rings is 3. The number of hydrogen-bond donors (Lipinski definition) is 2. The van der Waals surface area contributed by atoms with Gasteiger partial charge in [0.2, 0.25) is 0 Å². The molecule has 0 aromatic heterocycles. The van der Waals surface area contributed by atoms with Gasteiger partial charge in [-0.25, -0.2) is 0 Å². The van der Waals surface area contributed by atoms with Gasteiger partial charge < -0.3 is 15.4 Å². The van der Waals surface area contributed by atoms with Gasteiger partial charge in [-0.3, -0.25) is 14.4 Å². The molecule has 0 aliphatic heterocycles. The van der Waals surface area contributed by atoms with E-state index >= 15 is 0 Å². The summed E-state index contributed by atoms with van der Waals surface area (Å²) in [5.41, 5.74) is 3.60. The molecule has 31 heavy (non-hydrogen) atoms. The Morgan fingerprint density at radius 2 is 1.32 bits per heavy atom. The average molecular weight is 416 g/mol. The topological polar surface area (TPSA) is 84.5 Å². The minimum absolute atomic E-state index is 0.309. The van der Waals surface area contributed by atoms with Gasteiger partial charge in [0.05, 0.1) is 0 Å².